The Hall–Kier alpha value is -1.69. The zero-order valence-corrected chi connectivity index (χ0v) is 12.8. The molecule has 0 aliphatic heterocycles. The Kier molecular flexibility index (Phi) is 5.12. The van der Waals surface area contributed by atoms with Crippen LogP contribution in [0.1, 0.15) is 11.1 Å². The molecule has 5 heteroatoms. The van der Waals surface area contributed by atoms with Crippen molar-refractivity contribution in [3.8, 4) is 0 Å². The lowest BCUT2D eigenvalue weighted by Crippen LogP contribution is -2.38. The lowest BCUT2D eigenvalue weighted by Gasteiger charge is -2.13. The van der Waals surface area contributed by atoms with Gasteiger partial charge in [0.1, 0.15) is 0 Å². The van der Waals surface area contributed by atoms with E-state index in [0.717, 1.165) is 11.1 Å². The Bertz CT molecular complexity index is 667. The van der Waals surface area contributed by atoms with Gasteiger partial charge >= 0.3 is 0 Å². The van der Waals surface area contributed by atoms with Crippen molar-refractivity contribution in [1.82, 2.24) is 4.72 Å². The topological polar surface area (TPSA) is 72.2 Å². The van der Waals surface area contributed by atoms with Crippen molar-refractivity contribution >= 4 is 10.0 Å². The minimum absolute atomic E-state index is 0.213. The van der Waals surface area contributed by atoms with Crippen molar-refractivity contribution in [3.05, 3.63) is 65.7 Å². The van der Waals surface area contributed by atoms with E-state index in [1.165, 1.54) is 0 Å². The van der Waals surface area contributed by atoms with Gasteiger partial charge in [0.05, 0.1) is 4.90 Å². The Morgan fingerprint density at radius 1 is 1.05 bits per heavy atom. The fraction of sp³-hybridized carbons (Fsp3) is 0.250. The van der Waals surface area contributed by atoms with Gasteiger partial charge in [-0.3, -0.25) is 0 Å². The second-order valence-corrected chi connectivity index (χ2v) is 6.88. The number of rotatable bonds is 6. The Balaban J connectivity index is 1.94. The summed E-state index contributed by atoms with van der Waals surface area (Å²) in [6.45, 7) is 2.13. The summed E-state index contributed by atoms with van der Waals surface area (Å²) in [6.07, 6.45) is 0.636. The quantitative estimate of drug-likeness (QED) is 0.855. The molecule has 0 bridgehead atoms. The van der Waals surface area contributed by atoms with E-state index >= 15 is 0 Å². The van der Waals surface area contributed by atoms with Crippen LogP contribution in [0.3, 0.4) is 0 Å². The van der Waals surface area contributed by atoms with E-state index in [1.807, 2.05) is 37.3 Å². The van der Waals surface area contributed by atoms with Crippen molar-refractivity contribution < 1.29 is 8.42 Å². The fourth-order valence-electron chi connectivity index (χ4n) is 2.01. The van der Waals surface area contributed by atoms with Crippen LogP contribution in [0, 0.1) is 6.92 Å². The largest absolute Gasteiger partial charge is 0.326 e. The second kappa shape index (κ2) is 6.85. The molecule has 3 N–H and O–H groups in total. The third kappa shape index (κ3) is 4.67. The highest BCUT2D eigenvalue weighted by Gasteiger charge is 2.15. The monoisotopic (exact) mass is 304 g/mol. The van der Waals surface area contributed by atoms with Crippen LogP contribution in [0.2, 0.25) is 0 Å². The van der Waals surface area contributed by atoms with Crippen LogP contribution in [0.5, 0.6) is 0 Å². The van der Waals surface area contributed by atoms with Gasteiger partial charge < -0.3 is 5.73 Å². The van der Waals surface area contributed by atoms with Gasteiger partial charge in [0.15, 0.2) is 0 Å². The minimum atomic E-state index is -3.49. The van der Waals surface area contributed by atoms with E-state index in [-0.39, 0.29) is 17.5 Å². The number of hydrogen-bond donors (Lipinski definition) is 2. The third-order valence-corrected chi connectivity index (χ3v) is 4.65. The van der Waals surface area contributed by atoms with E-state index in [0.29, 0.717) is 6.42 Å². The van der Waals surface area contributed by atoms with Crippen LogP contribution in [0.15, 0.2) is 59.5 Å². The highest BCUT2D eigenvalue weighted by molar-refractivity contribution is 7.89. The van der Waals surface area contributed by atoms with Gasteiger partial charge in [0.2, 0.25) is 10.0 Å². The van der Waals surface area contributed by atoms with Gasteiger partial charge in [-0.25, -0.2) is 13.1 Å². The lowest BCUT2D eigenvalue weighted by atomic mass is 10.1. The smallest absolute Gasteiger partial charge is 0.240 e. The molecule has 21 heavy (non-hydrogen) atoms. The van der Waals surface area contributed by atoms with Gasteiger partial charge in [-0.05, 0) is 31.0 Å². The SMILES string of the molecule is Cc1ccc(S(=O)(=O)NC[C@H](N)Cc2ccccc2)cc1. The Morgan fingerprint density at radius 2 is 1.67 bits per heavy atom. The lowest BCUT2D eigenvalue weighted by molar-refractivity contribution is 0.567. The van der Waals surface area contributed by atoms with Crippen molar-refractivity contribution in [2.45, 2.75) is 24.3 Å². The van der Waals surface area contributed by atoms with E-state index in [9.17, 15) is 8.42 Å². The number of hydrogen-bond acceptors (Lipinski definition) is 3. The van der Waals surface area contributed by atoms with Crippen LogP contribution in [0.25, 0.3) is 0 Å². The zero-order valence-electron chi connectivity index (χ0n) is 12.0. The van der Waals surface area contributed by atoms with Crippen molar-refractivity contribution in [1.29, 1.82) is 0 Å². The third-order valence-electron chi connectivity index (χ3n) is 3.21. The van der Waals surface area contributed by atoms with E-state index in [1.54, 1.807) is 24.3 Å². The summed E-state index contributed by atoms with van der Waals surface area (Å²) in [5.41, 5.74) is 8.11. The summed E-state index contributed by atoms with van der Waals surface area (Å²) in [4.78, 5) is 0.264. The predicted octanol–water partition coefficient (Wildman–Crippen LogP) is 1.84. The van der Waals surface area contributed by atoms with E-state index < -0.39 is 10.0 Å². The zero-order chi connectivity index (χ0) is 15.3. The number of nitrogens with one attached hydrogen (secondary N) is 1. The summed E-state index contributed by atoms with van der Waals surface area (Å²) in [6, 6.07) is 16.3. The Labute approximate surface area is 126 Å². The Morgan fingerprint density at radius 3 is 2.29 bits per heavy atom. The maximum atomic E-state index is 12.1. The molecule has 0 spiro atoms. The average molecular weight is 304 g/mol. The molecule has 0 heterocycles. The molecule has 0 aliphatic carbocycles. The first-order valence-electron chi connectivity index (χ1n) is 6.83. The molecule has 0 radical (unpaired) electrons. The highest BCUT2D eigenvalue weighted by atomic mass is 32.2. The fourth-order valence-corrected chi connectivity index (χ4v) is 3.10. The molecule has 0 unspecified atom stereocenters. The maximum Gasteiger partial charge on any atom is 0.240 e. The summed E-state index contributed by atoms with van der Waals surface area (Å²) in [5.74, 6) is 0. The first kappa shape index (κ1) is 15.7. The van der Waals surface area contributed by atoms with Crippen LogP contribution < -0.4 is 10.5 Å². The maximum absolute atomic E-state index is 12.1. The van der Waals surface area contributed by atoms with Gasteiger partial charge in [0, 0.05) is 12.6 Å². The molecule has 1 atom stereocenters. The van der Waals surface area contributed by atoms with Crippen molar-refractivity contribution in [2.75, 3.05) is 6.54 Å². The van der Waals surface area contributed by atoms with Gasteiger partial charge in [-0.2, -0.15) is 0 Å². The molecule has 0 aliphatic rings. The second-order valence-electron chi connectivity index (χ2n) is 5.11. The van der Waals surface area contributed by atoms with Crippen LogP contribution in [0.4, 0.5) is 0 Å². The summed E-state index contributed by atoms with van der Waals surface area (Å²) >= 11 is 0. The van der Waals surface area contributed by atoms with Gasteiger partial charge in [0.25, 0.3) is 0 Å². The predicted molar refractivity (Wildman–Crippen MR) is 84.5 cm³/mol. The normalized spacial score (nSPS) is 13.0. The molecular weight excluding hydrogens is 284 g/mol. The van der Waals surface area contributed by atoms with Crippen molar-refractivity contribution in [3.63, 3.8) is 0 Å². The van der Waals surface area contributed by atoms with Gasteiger partial charge in [-0.1, -0.05) is 48.0 Å². The van der Waals surface area contributed by atoms with Crippen molar-refractivity contribution in [2.24, 2.45) is 5.73 Å². The van der Waals surface area contributed by atoms with E-state index in [2.05, 4.69) is 4.72 Å². The van der Waals surface area contributed by atoms with E-state index in [4.69, 9.17) is 5.73 Å². The first-order valence-corrected chi connectivity index (χ1v) is 8.31. The number of nitrogens with two attached hydrogens (primary N) is 1. The molecule has 2 aromatic rings. The highest BCUT2D eigenvalue weighted by Crippen LogP contribution is 2.10. The number of sulfonamides is 1. The molecule has 2 rings (SSSR count). The molecule has 0 amide bonds. The molecule has 112 valence electrons. The molecule has 0 saturated carbocycles. The summed E-state index contributed by atoms with van der Waals surface area (Å²) in [7, 11) is -3.49. The standard InChI is InChI=1S/C16H20N2O2S/c1-13-7-9-16(10-8-13)21(19,20)18-12-15(17)11-14-5-3-2-4-6-14/h2-10,15,18H,11-12,17H2,1H3/t15-/m1/s1. The first-order chi connectivity index (χ1) is 9.97. The molecule has 0 aromatic heterocycles. The van der Waals surface area contributed by atoms with Crippen LogP contribution in [-0.2, 0) is 16.4 Å². The average Bonchev–Trinajstić information content (AvgIpc) is 2.47. The molecule has 0 fully saturated rings. The molecular formula is C16H20N2O2S. The number of benzene rings is 2. The summed E-state index contributed by atoms with van der Waals surface area (Å²) < 4.78 is 26.8. The number of aryl methyl sites for hydroxylation is 1. The van der Waals surface area contributed by atoms with Crippen LogP contribution in [-0.4, -0.2) is 21.0 Å². The molecule has 2 aromatic carbocycles. The summed E-state index contributed by atoms with van der Waals surface area (Å²) in [5, 5.41) is 0. The van der Waals surface area contributed by atoms with Gasteiger partial charge in [-0.15, -0.1) is 0 Å². The minimum Gasteiger partial charge on any atom is -0.326 e. The molecule has 0 saturated heterocycles. The van der Waals surface area contributed by atoms with Crippen LogP contribution >= 0.6 is 0 Å². The molecule has 4 nitrogen and oxygen atoms in total.